The van der Waals surface area contributed by atoms with Crippen molar-refractivity contribution in [2.24, 2.45) is 0 Å². The molecule has 0 saturated carbocycles. The van der Waals surface area contributed by atoms with Crippen molar-refractivity contribution in [2.45, 2.75) is 0 Å². The van der Waals surface area contributed by atoms with Crippen molar-refractivity contribution >= 4 is 53.4 Å². The van der Waals surface area contributed by atoms with Crippen LogP contribution in [0.4, 0.5) is 0 Å². The number of fused-ring (bicyclic) bond motifs is 6. The highest BCUT2D eigenvalue weighted by Gasteiger charge is 2.19. The second kappa shape index (κ2) is 11.6. The Morgan fingerprint density at radius 3 is 1.98 bits per heavy atom. The molecular formula is C45H27N3OS. The zero-order valence-corrected chi connectivity index (χ0v) is 27.2. The minimum Gasteiger partial charge on any atom is -0.456 e. The van der Waals surface area contributed by atoms with Gasteiger partial charge in [-0.1, -0.05) is 133 Å². The summed E-state index contributed by atoms with van der Waals surface area (Å²) in [5.41, 5.74) is 6.63. The van der Waals surface area contributed by atoms with E-state index in [4.69, 9.17) is 26.2 Å². The van der Waals surface area contributed by atoms with Crippen molar-refractivity contribution in [3.05, 3.63) is 164 Å². The lowest BCUT2D eigenvalue weighted by molar-refractivity contribution is 0.669. The summed E-state index contributed by atoms with van der Waals surface area (Å²) in [6.07, 6.45) is 0. The largest absolute Gasteiger partial charge is 0.456 e. The summed E-state index contributed by atoms with van der Waals surface area (Å²) in [5, 5.41) is 3.81. The molecule has 0 amide bonds. The maximum atomic E-state index is 8.87. The van der Waals surface area contributed by atoms with E-state index in [1.54, 1.807) is 0 Å². The van der Waals surface area contributed by atoms with Crippen LogP contribution in [0, 0.1) is 0 Å². The summed E-state index contributed by atoms with van der Waals surface area (Å²) < 4.78 is 50.8. The molecule has 10 rings (SSSR count). The van der Waals surface area contributed by atoms with Crippen LogP contribution in [0.1, 0.15) is 6.85 Å². The summed E-state index contributed by atoms with van der Waals surface area (Å²) in [6, 6.07) is 42.2. The number of hydrogen-bond donors (Lipinski definition) is 0. The second-order valence-corrected chi connectivity index (χ2v) is 13.1. The van der Waals surface area contributed by atoms with E-state index in [1.807, 2.05) is 115 Å². The van der Waals surface area contributed by atoms with E-state index in [9.17, 15) is 0 Å². The van der Waals surface area contributed by atoms with Gasteiger partial charge in [0.05, 0.1) is 6.85 Å². The van der Waals surface area contributed by atoms with Gasteiger partial charge in [0.2, 0.25) is 0 Å². The molecule has 3 heterocycles. The number of rotatable bonds is 5. The maximum Gasteiger partial charge on any atom is 0.164 e. The van der Waals surface area contributed by atoms with Crippen LogP contribution in [-0.4, -0.2) is 15.0 Å². The van der Waals surface area contributed by atoms with Crippen LogP contribution in [0.25, 0.3) is 98.5 Å². The molecule has 234 valence electrons. The normalized spacial score (nSPS) is 13.0. The van der Waals surface area contributed by atoms with Crippen LogP contribution in [0.15, 0.2) is 168 Å². The number of benzene rings is 7. The quantitative estimate of drug-likeness (QED) is 0.184. The van der Waals surface area contributed by atoms with Crippen molar-refractivity contribution in [1.82, 2.24) is 15.0 Å². The number of para-hydroxylation sites is 1. The Hall–Kier alpha value is -6.43. The van der Waals surface area contributed by atoms with Gasteiger partial charge in [0.1, 0.15) is 11.2 Å². The molecule has 0 saturated heterocycles. The van der Waals surface area contributed by atoms with Gasteiger partial charge < -0.3 is 4.42 Å². The Kier molecular flexibility index (Phi) is 5.54. The first kappa shape index (κ1) is 23.8. The molecular weight excluding hydrogens is 631 g/mol. The minimum absolute atomic E-state index is 0.177. The van der Waals surface area contributed by atoms with E-state index >= 15 is 0 Å². The summed E-state index contributed by atoms with van der Waals surface area (Å²) >= 11 is 1.52. The first-order valence-electron chi connectivity index (χ1n) is 18.7. The fourth-order valence-electron chi connectivity index (χ4n) is 6.69. The first-order valence-corrected chi connectivity index (χ1v) is 17.0. The molecule has 7 aromatic carbocycles. The molecule has 0 N–H and O–H groups in total. The third-order valence-electron chi connectivity index (χ3n) is 9.02. The fraction of sp³-hybridized carbons (Fsp3) is 0. The second-order valence-electron chi connectivity index (χ2n) is 12.0. The van der Waals surface area contributed by atoms with E-state index in [-0.39, 0.29) is 29.7 Å². The molecule has 0 radical (unpaired) electrons. The summed E-state index contributed by atoms with van der Waals surface area (Å²) in [4.78, 5) is 15.1. The van der Waals surface area contributed by atoms with Crippen molar-refractivity contribution < 1.29 is 11.3 Å². The van der Waals surface area contributed by atoms with Gasteiger partial charge in [0.25, 0.3) is 0 Å². The molecule has 0 aliphatic rings. The highest BCUT2D eigenvalue weighted by atomic mass is 32.1. The highest BCUT2D eigenvalue weighted by Crippen LogP contribution is 2.44. The van der Waals surface area contributed by atoms with Gasteiger partial charge in [-0.05, 0) is 47.0 Å². The minimum atomic E-state index is -0.418. The summed E-state index contributed by atoms with van der Waals surface area (Å²) in [6.45, 7) is 0. The van der Waals surface area contributed by atoms with Crippen LogP contribution in [-0.2, 0) is 0 Å². The van der Waals surface area contributed by atoms with E-state index in [2.05, 4.69) is 18.2 Å². The third kappa shape index (κ3) is 4.79. The summed E-state index contributed by atoms with van der Waals surface area (Å²) in [7, 11) is 0. The molecule has 0 aliphatic carbocycles. The predicted octanol–water partition coefficient (Wildman–Crippen LogP) is 12.5. The zero-order valence-electron chi connectivity index (χ0n) is 31.4. The standard InChI is InChI=1S/C45H27N3OS/c1-4-13-28(14-5-1)32-25-36(29-15-6-2-7-16-29)42-37(26-32)33-24-23-31(27-40(33)50-42)44-46-43(30-17-8-3-9-18-30)47-45(48-44)35-20-12-22-39-41(35)34-19-10-11-21-38(34)49-39/h1-27H/i2D,6D,7D,15D,16D. The van der Waals surface area contributed by atoms with Crippen LogP contribution < -0.4 is 0 Å². The molecule has 4 nitrogen and oxygen atoms in total. The Morgan fingerprint density at radius 2 is 1.16 bits per heavy atom. The van der Waals surface area contributed by atoms with Gasteiger partial charge in [-0.3, -0.25) is 0 Å². The maximum absolute atomic E-state index is 8.87. The van der Waals surface area contributed by atoms with Crippen LogP contribution in [0.5, 0.6) is 0 Å². The van der Waals surface area contributed by atoms with Crippen molar-refractivity contribution in [2.75, 3.05) is 0 Å². The monoisotopic (exact) mass is 662 g/mol. The van der Waals surface area contributed by atoms with Crippen molar-refractivity contribution in [3.8, 4) is 56.4 Å². The van der Waals surface area contributed by atoms with Crippen molar-refractivity contribution in [3.63, 3.8) is 0 Å². The average molecular weight is 663 g/mol. The lowest BCUT2D eigenvalue weighted by Gasteiger charge is -2.09. The Balaban J connectivity index is 1.21. The molecule has 10 aromatic rings. The molecule has 0 fully saturated rings. The average Bonchev–Trinajstić information content (AvgIpc) is 3.81. The molecule has 3 aromatic heterocycles. The van der Waals surface area contributed by atoms with Crippen molar-refractivity contribution in [1.29, 1.82) is 0 Å². The molecule has 0 unspecified atom stereocenters. The van der Waals surface area contributed by atoms with Crippen LogP contribution in [0.3, 0.4) is 0 Å². The lowest BCUT2D eigenvalue weighted by Crippen LogP contribution is -2.00. The Morgan fingerprint density at radius 1 is 0.460 bits per heavy atom. The molecule has 0 atom stereocenters. The van der Waals surface area contributed by atoms with E-state index < -0.39 is 6.04 Å². The van der Waals surface area contributed by atoms with Crippen LogP contribution >= 0.6 is 11.3 Å². The topological polar surface area (TPSA) is 51.8 Å². The molecule has 0 spiro atoms. The predicted molar refractivity (Wildman–Crippen MR) is 207 cm³/mol. The van der Waals surface area contributed by atoms with Gasteiger partial charge in [-0.25, -0.2) is 15.0 Å². The van der Waals surface area contributed by atoms with E-state index in [1.165, 1.54) is 11.3 Å². The number of furan rings is 1. The molecule has 0 aliphatic heterocycles. The molecule has 5 heteroatoms. The lowest BCUT2D eigenvalue weighted by atomic mass is 9.96. The van der Waals surface area contributed by atoms with E-state index in [0.717, 1.165) is 69.9 Å². The van der Waals surface area contributed by atoms with Gasteiger partial charge in [-0.15, -0.1) is 11.3 Å². The smallest absolute Gasteiger partial charge is 0.164 e. The van der Waals surface area contributed by atoms with Gasteiger partial charge in [-0.2, -0.15) is 0 Å². The zero-order chi connectivity index (χ0) is 37.4. The highest BCUT2D eigenvalue weighted by molar-refractivity contribution is 7.26. The molecule has 50 heavy (non-hydrogen) atoms. The van der Waals surface area contributed by atoms with Crippen LogP contribution in [0.2, 0.25) is 0 Å². The number of aromatic nitrogens is 3. The Labute approximate surface area is 299 Å². The summed E-state index contributed by atoms with van der Waals surface area (Å²) in [5.74, 6) is 1.56. The fourth-order valence-corrected chi connectivity index (χ4v) is 7.93. The Bertz CT molecular complexity index is 3130. The number of hydrogen-bond acceptors (Lipinski definition) is 5. The van der Waals surface area contributed by atoms with Gasteiger partial charge >= 0.3 is 0 Å². The number of nitrogens with zero attached hydrogens (tertiary/aromatic N) is 3. The SMILES string of the molecule is [2H]c1c([2H])c([2H])c(-c2cc(-c3ccccc3)cc3c2sc2cc(-c4nc(-c5ccccc5)nc(-c5cccc6oc7ccccc7c56)n4)ccc23)c([2H])c1[2H]. The van der Waals surface area contributed by atoms with E-state index in [0.29, 0.717) is 23.0 Å². The third-order valence-corrected chi connectivity index (χ3v) is 10.2. The first-order chi connectivity index (χ1) is 26.8. The molecule has 0 bridgehead atoms. The van der Waals surface area contributed by atoms with Gasteiger partial charge in [0, 0.05) is 53.2 Å². The van der Waals surface area contributed by atoms with Gasteiger partial charge in [0.15, 0.2) is 17.5 Å². The number of thiophene rings is 1.